The Morgan fingerprint density at radius 1 is 1.05 bits per heavy atom. The van der Waals surface area contributed by atoms with Crippen molar-refractivity contribution in [3.63, 3.8) is 0 Å². The molecule has 1 aromatic rings. The molecule has 2 N–H and O–H groups in total. The molecule has 1 aromatic carbocycles. The van der Waals surface area contributed by atoms with Gasteiger partial charge in [0, 0.05) is 24.3 Å². The van der Waals surface area contributed by atoms with E-state index in [-0.39, 0.29) is 11.8 Å². The van der Waals surface area contributed by atoms with Crippen LogP contribution in [0.15, 0.2) is 24.3 Å². The number of benzene rings is 1. The Morgan fingerprint density at radius 3 is 2.14 bits per heavy atom. The smallest absolute Gasteiger partial charge is 0.238 e. The zero-order valence-corrected chi connectivity index (χ0v) is 13.4. The number of amides is 2. The van der Waals surface area contributed by atoms with Crippen LogP contribution in [-0.2, 0) is 9.59 Å². The van der Waals surface area contributed by atoms with Crippen LogP contribution in [0.25, 0.3) is 0 Å². The quantitative estimate of drug-likeness (QED) is 0.879. The Hall–Kier alpha value is -1.88. The lowest BCUT2D eigenvalue weighted by Gasteiger charge is -2.30. The molecule has 0 aliphatic heterocycles. The summed E-state index contributed by atoms with van der Waals surface area (Å²) in [6.07, 6.45) is 6.23. The standard InChI is InChI=1S/C17H25N3O2/c1-13(21)18-14-8-10-15(11-9-14)19-17(22)12-20(2)16-6-4-3-5-7-16/h8-11,16H,3-7,12H2,1-2H3,(H,18,21)(H,19,22). The number of nitrogens with zero attached hydrogens (tertiary/aromatic N) is 1. The molecule has 5 nitrogen and oxygen atoms in total. The fourth-order valence-corrected chi connectivity index (χ4v) is 2.92. The van der Waals surface area contributed by atoms with E-state index in [4.69, 9.17) is 0 Å². The van der Waals surface area contributed by atoms with E-state index in [2.05, 4.69) is 15.5 Å². The van der Waals surface area contributed by atoms with Crippen molar-refractivity contribution >= 4 is 23.2 Å². The van der Waals surface area contributed by atoms with Crippen LogP contribution in [0.4, 0.5) is 11.4 Å². The molecule has 5 heteroatoms. The van der Waals surface area contributed by atoms with E-state index >= 15 is 0 Å². The molecule has 0 saturated heterocycles. The molecule has 0 unspecified atom stereocenters. The second-order valence-electron chi connectivity index (χ2n) is 6.01. The summed E-state index contributed by atoms with van der Waals surface area (Å²) in [5.74, 6) is -0.105. The molecule has 1 aliphatic carbocycles. The number of carbonyl (C=O) groups is 2. The molecule has 0 spiro atoms. The summed E-state index contributed by atoms with van der Waals surface area (Å²) < 4.78 is 0. The summed E-state index contributed by atoms with van der Waals surface area (Å²) in [6.45, 7) is 1.88. The normalized spacial score (nSPS) is 15.6. The molecule has 0 bridgehead atoms. The summed E-state index contributed by atoms with van der Waals surface area (Å²) in [6, 6.07) is 7.68. The summed E-state index contributed by atoms with van der Waals surface area (Å²) in [5.41, 5.74) is 1.47. The first-order valence-electron chi connectivity index (χ1n) is 7.92. The monoisotopic (exact) mass is 303 g/mol. The minimum Gasteiger partial charge on any atom is -0.326 e. The van der Waals surface area contributed by atoms with Crippen molar-refractivity contribution in [3.05, 3.63) is 24.3 Å². The number of likely N-dealkylation sites (N-methyl/N-ethyl adjacent to an activating group) is 1. The van der Waals surface area contributed by atoms with Gasteiger partial charge in [-0.3, -0.25) is 14.5 Å². The van der Waals surface area contributed by atoms with E-state index < -0.39 is 0 Å². The van der Waals surface area contributed by atoms with E-state index in [0.717, 1.165) is 11.4 Å². The predicted molar refractivity (Wildman–Crippen MR) is 88.9 cm³/mol. The molecular formula is C17H25N3O2. The Labute approximate surface area is 132 Å². The molecule has 22 heavy (non-hydrogen) atoms. The summed E-state index contributed by atoms with van der Waals surface area (Å²) in [7, 11) is 2.02. The minimum absolute atomic E-state index is 0.000325. The van der Waals surface area contributed by atoms with Crippen molar-refractivity contribution < 1.29 is 9.59 Å². The first-order chi connectivity index (χ1) is 10.5. The molecule has 0 heterocycles. The van der Waals surface area contributed by atoms with Crippen molar-refractivity contribution in [3.8, 4) is 0 Å². The lowest BCUT2D eigenvalue weighted by molar-refractivity contribution is -0.117. The van der Waals surface area contributed by atoms with Crippen molar-refractivity contribution in [2.75, 3.05) is 24.2 Å². The maximum Gasteiger partial charge on any atom is 0.238 e. The first kappa shape index (κ1) is 16.5. The van der Waals surface area contributed by atoms with Gasteiger partial charge in [0.05, 0.1) is 6.54 Å². The Bertz CT molecular complexity index is 507. The highest BCUT2D eigenvalue weighted by Gasteiger charge is 2.19. The molecule has 1 saturated carbocycles. The van der Waals surface area contributed by atoms with Gasteiger partial charge >= 0.3 is 0 Å². The zero-order chi connectivity index (χ0) is 15.9. The third-order valence-electron chi connectivity index (χ3n) is 4.08. The molecule has 2 amide bonds. The highest BCUT2D eigenvalue weighted by atomic mass is 16.2. The van der Waals surface area contributed by atoms with Gasteiger partial charge in [0.1, 0.15) is 0 Å². The first-order valence-corrected chi connectivity index (χ1v) is 7.92. The van der Waals surface area contributed by atoms with Crippen LogP contribution < -0.4 is 10.6 Å². The number of anilines is 2. The van der Waals surface area contributed by atoms with Crippen LogP contribution in [0.2, 0.25) is 0 Å². The maximum atomic E-state index is 12.1. The number of nitrogens with one attached hydrogen (secondary N) is 2. The lowest BCUT2D eigenvalue weighted by Crippen LogP contribution is -2.39. The third kappa shape index (κ3) is 5.15. The summed E-state index contributed by atoms with van der Waals surface area (Å²) in [5, 5.41) is 5.60. The van der Waals surface area contributed by atoms with Crippen LogP contribution in [0.3, 0.4) is 0 Å². The van der Waals surface area contributed by atoms with E-state index in [9.17, 15) is 9.59 Å². The molecule has 0 aromatic heterocycles. The highest BCUT2D eigenvalue weighted by molar-refractivity contribution is 5.93. The maximum absolute atomic E-state index is 12.1. The van der Waals surface area contributed by atoms with Gasteiger partial charge in [0.2, 0.25) is 11.8 Å². The number of hydrogen-bond donors (Lipinski definition) is 2. The van der Waals surface area contributed by atoms with E-state index in [1.165, 1.54) is 39.0 Å². The Kier molecular flexibility index (Phi) is 5.95. The van der Waals surface area contributed by atoms with Crippen LogP contribution in [0.5, 0.6) is 0 Å². The topological polar surface area (TPSA) is 61.4 Å². The van der Waals surface area contributed by atoms with Gasteiger partial charge in [-0.15, -0.1) is 0 Å². The third-order valence-corrected chi connectivity index (χ3v) is 4.08. The minimum atomic E-state index is -0.106. The lowest BCUT2D eigenvalue weighted by atomic mass is 9.94. The fourth-order valence-electron chi connectivity index (χ4n) is 2.92. The average Bonchev–Trinajstić information content (AvgIpc) is 2.49. The van der Waals surface area contributed by atoms with Gasteiger partial charge < -0.3 is 10.6 Å². The highest BCUT2D eigenvalue weighted by Crippen LogP contribution is 2.21. The SMILES string of the molecule is CC(=O)Nc1ccc(NC(=O)CN(C)C2CCCCC2)cc1. The Morgan fingerprint density at radius 2 is 1.59 bits per heavy atom. The van der Waals surface area contributed by atoms with Gasteiger partial charge in [-0.05, 0) is 44.2 Å². The van der Waals surface area contributed by atoms with Gasteiger partial charge in [0.15, 0.2) is 0 Å². The molecule has 2 rings (SSSR count). The average molecular weight is 303 g/mol. The number of rotatable bonds is 5. The van der Waals surface area contributed by atoms with Crippen molar-refractivity contribution in [2.45, 2.75) is 45.1 Å². The fraction of sp³-hybridized carbons (Fsp3) is 0.529. The molecule has 120 valence electrons. The summed E-state index contributed by atoms with van der Waals surface area (Å²) in [4.78, 5) is 25.2. The Balaban J connectivity index is 1.82. The summed E-state index contributed by atoms with van der Waals surface area (Å²) >= 11 is 0. The van der Waals surface area contributed by atoms with Gasteiger partial charge in [-0.1, -0.05) is 19.3 Å². The van der Waals surface area contributed by atoms with E-state index in [0.29, 0.717) is 12.6 Å². The predicted octanol–water partition coefficient (Wildman–Crippen LogP) is 2.85. The van der Waals surface area contributed by atoms with Crippen LogP contribution in [0.1, 0.15) is 39.0 Å². The van der Waals surface area contributed by atoms with Gasteiger partial charge in [-0.25, -0.2) is 0 Å². The second-order valence-corrected chi connectivity index (χ2v) is 6.01. The van der Waals surface area contributed by atoms with Crippen molar-refractivity contribution in [1.82, 2.24) is 4.90 Å². The molecule has 1 fully saturated rings. The van der Waals surface area contributed by atoms with Crippen molar-refractivity contribution in [1.29, 1.82) is 0 Å². The molecule has 0 radical (unpaired) electrons. The van der Waals surface area contributed by atoms with Gasteiger partial charge in [0.25, 0.3) is 0 Å². The van der Waals surface area contributed by atoms with Crippen LogP contribution in [0, 0.1) is 0 Å². The molecule has 0 atom stereocenters. The number of hydrogen-bond acceptors (Lipinski definition) is 3. The molecular weight excluding hydrogens is 278 g/mol. The zero-order valence-electron chi connectivity index (χ0n) is 13.4. The largest absolute Gasteiger partial charge is 0.326 e. The molecule has 1 aliphatic rings. The number of carbonyl (C=O) groups excluding carboxylic acids is 2. The van der Waals surface area contributed by atoms with Crippen LogP contribution in [-0.4, -0.2) is 36.3 Å². The van der Waals surface area contributed by atoms with Crippen molar-refractivity contribution in [2.24, 2.45) is 0 Å². The van der Waals surface area contributed by atoms with Crippen LogP contribution >= 0.6 is 0 Å². The van der Waals surface area contributed by atoms with Gasteiger partial charge in [-0.2, -0.15) is 0 Å². The van der Waals surface area contributed by atoms with E-state index in [1.54, 1.807) is 24.3 Å². The van der Waals surface area contributed by atoms with E-state index in [1.807, 2.05) is 7.05 Å². The second kappa shape index (κ2) is 7.94.